The van der Waals surface area contributed by atoms with E-state index in [1.54, 1.807) is 43.5 Å². The summed E-state index contributed by atoms with van der Waals surface area (Å²) in [6.45, 7) is 2.14. The van der Waals surface area contributed by atoms with E-state index in [0.717, 1.165) is 24.8 Å². The number of hydrogen-bond donors (Lipinski definition) is 1. The molecule has 0 aliphatic heterocycles. The van der Waals surface area contributed by atoms with Gasteiger partial charge in [-0.1, -0.05) is 31.5 Å². The Morgan fingerprint density at radius 1 is 1.09 bits per heavy atom. The van der Waals surface area contributed by atoms with E-state index in [4.69, 9.17) is 4.74 Å². The second-order valence-electron chi connectivity index (χ2n) is 5.08. The predicted octanol–water partition coefficient (Wildman–Crippen LogP) is 3.84. The van der Waals surface area contributed by atoms with Crippen LogP contribution in [0.4, 0.5) is 5.69 Å². The highest BCUT2D eigenvalue weighted by Crippen LogP contribution is 2.21. The van der Waals surface area contributed by atoms with Gasteiger partial charge in [-0.2, -0.15) is 0 Å². The average molecular weight is 319 g/mol. The number of benzene rings is 2. The van der Waals surface area contributed by atoms with E-state index >= 15 is 0 Å². The first-order valence-corrected chi connectivity index (χ1v) is 8.79. The molecule has 1 N–H and O–H groups in total. The van der Waals surface area contributed by atoms with Crippen LogP contribution in [0.3, 0.4) is 0 Å². The summed E-state index contributed by atoms with van der Waals surface area (Å²) in [7, 11) is -2.04. The van der Waals surface area contributed by atoms with E-state index in [9.17, 15) is 8.42 Å². The Labute approximate surface area is 132 Å². The number of sulfonamides is 1. The maximum atomic E-state index is 12.4. The first-order valence-electron chi connectivity index (χ1n) is 7.31. The topological polar surface area (TPSA) is 55.4 Å². The number of rotatable bonds is 7. The largest absolute Gasteiger partial charge is 0.497 e. The third-order valence-electron chi connectivity index (χ3n) is 3.37. The normalized spacial score (nSPS) is 11.2. The summed E-state index contributed by atoms with van der Waals surface area (Å²) in [5.74, 6) is 0.607. The number of aryl methyl sites for hydroxylation is 1. The van der Waals surface area contributed by atoms with Crippen molar-refractivity contribution in [3.05, 3.63) is 54.1 Å². The van der Waals surface area contributed by atoms with Crippen molar-refractivity contribution < 1.29 is 13.2 Å². The molecular weight excluding hydrogens is 298 g/mol. The van der Waals surface area contributed by atoms with Crippen molar-refractivity contribution in [1.29, 1.82) is 0 Å². The molecule has 0 radical (unpaired) electrons. The lowest BCUT2D eigenvalue weighted by Gasteiger charge is -2.10. The second kappa shape index (κ2) is 7.31. The Hall–Kier alpha value is -2.01. The van der Waals surface area contributed by atoms with Crippen molar-refractivity contribution in [2.75, 3.05) is 11.8 Å². The van der Waals surface area contributed by atoms with Crippen molar-refractivity contribution >= 4 is 15.7 Å². The molecule has 0 unspecified atom stereocenters. The fraction of sp³-hybridized carbons (Fsp3) is 0.294. The smallest absolute Gasteiger partial charge is 0.261 e. The van der Waals surface area contributed by atoms with E-state index in [-0.39, 0.29) is 4.90 Å². The van der Waals surface area contributed by atoms with Gasteiger partial charge in [-0.3, -0.25) is 4.72 Å². The van der Waals surface area contributed by atoms with Crippen LogP contribution in [0, 0.1) is 0 Å². The molecule has 22 heavy (non-hydrogen) atoms. The lowest BCUT2D eigenvalue weighted by molar-refractivity contribution is 0.415. The Kier molecular flexibility index (Phi) is 5.44. The molecule has 2 aromatic carbocycles. The monoisotopic (exact) mass is 319 g/mol. The van der Waals surface area contributed by atoms with Gasteiger partial charge >= 0.3 is 0 Å². The molecular formula is C17H21NO3S. The highest BCUT2D eigenvalue weighted by Gasteiger charge is 2.14. The van der Waals surface area contributed by atoms with Crippen LogP contribution in [-0.4, -0.2) is 15.5 Å². The Bertz CT molecular complexity index is 709. The molecule has 0 aliphatic carbocycles. The standard InChI is InChI=1S/C17H21NO3S/c1-3-4-6-14-9-11-17(12-10-14)22(19,20)18-15-7-5-8-16(13-15)21-2/h5,7-13,18H,3-4,6H2,1-2H3. The molecule has 0 atom stereocenters. The van der Waals surface area contributed by atoms with Gasteiger partial charge in [-0.25, -0.2) is 8.42 Å². The molecule has 2 aromatic rings. The van der Waals surface area contributed by atoms with Crippen LogP contribution in [0.25, 0.3) is 0 Å². The lowest BCUT2D eigenvalue weighted by Crippen LogP contribution is -2.13. The van der Waals surface area contributed by atoms with Crippen molar-refractivity contribution in [3.63, 3.8) is 0 Å². The quantitative estimate of drug-likeness (QED) is 0.843. The highest BCUT2D eigenvalue weighted by atomic mass is 32.2. The summed E-state index contributed by atoms with van der Waals surface area (Å²) >= 11 is 0. The van der Waals surface area contributed by atoms with Gasteiger partial charge in [-0.05, 0) is 42.7 Å². The Morgan fingerprint density at radius 2 is 1.82 bits per heavy atom. The van der Waals surface area contributed by atoms with Gasteiger partial charge in [0.25, 0.3) is 10.0 Å². The van der Waals surface area contributed by atoms with E-state index in [1.165, 1.54) is 0 Å². The van der Waals surface area contributed by atoms with Crippen molar-refractivity contribution in [2.24, 2.45) is 0 Å². The molecule has 0 saturated heterocycles. The lowest BCUT2D eigenvalue weighted by atomic mass is 10.1. The van der Waals surface area contributed by atoms with Gasteiger partial charge in [0.15, 0.2) is 0 Å². The average Bonchev–Trinajstić information content (AvgIpc) is 2.53. The van der Waals surface area contributed by atoms with Crippen LogP contribution in [-0.2, 0) is 16.4 Å². The van der Waals surface area contributed by atoms with Crippen LogP contribution in [0.2, 0.25) is 0 Å². The minimum atomic E-state index is -3.58. The number of nitrogens with one attached hydrogen (secondary N) is 1. The van der Waals surface area contributed by atoms with Gasteiger partial charge < -0.3 is 4.74 Å². The van der Waals surface area contributed by atoms with Crippen molar-refractivity contribution in [1.82, 2.24) is 0 Å². The molecule has 0 aliphatic rings. The van der Waals surface area contributed by atoms with E-state index in [0.29, 0.717) is 11.4 Å². The molecule has 0 spiro atoms. The molecule has 0 bridgehead atoms. The fourth-order valence-electron chi connectivity index (χ4n) is 2.12. The minimum Gasteiger partial charge on any atom is -0.497 e. The van der Waals surface area contributed by atoms with Crippen molar-refractivity contribution in [3.8, 4) is 5.75 Å². The third-order valence-corrected chi connectivity index (χ3v) is 4.77. The van der Waals surface area contributed by atoms with Crippen LogP contribution >= 0.6 is 0 Å². The number of unbranched alkanes of at least 4 members (excludes halogenated alkanes) is 1. The summed E-state index contributed by atoms with van der Waals surface area (Å²) in [6.07, 6.45) is 3.20. The van der Waals surface area contributed by atoms with Crippen LogP contribution in [0.1, 0.15) is 25.3 Å². The predicted molar refractivity (Wildman–Crippen MR) is 88.9 cm³/mol. The molecule has 2 rings (SSSR count). The fourth-order valence-corrected chi connectivity index (χ4v) is 3.17. The zero-order chi connectivity index (χ0) is 16.0. The van der Waals surface area contributed by atoms with Crippen LogP contribution in [0.15, 0.2) is 53.4 Å². The van der Waals surface area contributed by atoms with Crippen LogP contribution in [0.5, 0.6) is 5.75 Å². The SMILES string of the molecule is CCCCc1ccc(S(=O)(=O)Nc2cccc(OC)c2)cc1. The number of anilines is 1. The summed E-state index contributed by atoms with van der Waals surface area (Å²) in [6, 6.07) is 13.9. The number of hydrogen-bond acceptors (Lipinski definition) is 3. The maximum absolute atomic E-state index is 12.4. The van der Waals surface area contributed by atoms with Gasteiger partial charge in [-0.15, -0.1) is 0 Å². The summed E-state index contributed by atoms with van der Waals surface area (Å²) in [5, 5.41) is 0. The van der Waals surface area contributed by atoms with Gasteiger partial charge in [0.2, 0.25) is 0 Å². The number of methoxy groups -OCH3 is 1. The van der Waals surface area contributed by atoms with E-state index in [1.807, 2.05) is 12.1 Å². The molecule has 0 aromatic heterocycles. The molecule has 118 valence electrons. The number of ether oxygens (including phenoxy) is 1. The van der Waals surface area contributed by atoms with Gasteiger partial charge in [0.05, 0.1) is 17.7 Å². The Morgan fingerprint density at radius 3 is 2.45 bits per heavy atom. The van der Waals surface area contributed by atoms with E-state index in [2.05, 4.69) is 11.6 Å². The molecule has 5 heteroatoms. The molecule has 0 amide bonds. The van der Waals surface area contributed by atoms with Crippen LogP contribution < -0.4 is 9.46 Å². The summed E-state index contributed by atoms with van der Waals surface area (Å²) < 4.78 is 32.4. The maximum Gasteiger partial charge on any atom is 0.261 e. The second-order valence-corrected chi connectivity index (χ2v) is 6.77. The molecule has 4 nitrogen and oxygen atoms in total. The molecule has 0 saturated carbocycles. The minimum absolute atomic E-state index is 0.260. The first-order chi connectivity index (χ1) is 10.5. The Balaban J connectivity index is 2.15. The van der Waals surface area contributed by atoms with E-state index < -0.39 is 10.0 Å². The zero-order valence-corrected chi connectivity index (χ0v) is 13.7. The third kappa shape index (κ3) is 4.24. The molecule has 0 fully saturated rings. The van der Waals surface area contributed by atoms with Crippen molar-refractivity contribution in [2.45, 2.75) is 31.1 Å². The zero-order valence-electron chi connectivity index (χ0n) is 12.9. The summed E-state index contributed by atoms with van der Waals surface area (Å²) in [4.78, 5) is 0.260. The van der Waals surface area contributed by atoms with Gasteiger partial charge in [0.1, 0.15) is 5.75 Å². The highest BCUT2D eigenvalue weighted by molar-refractivity contribution is 7.92. The molecule has 0 heterocycles. The van der Waals surface area contributed by atoms with Gasteiger partial charge in [0, 0.05) is 6.07 Å². The summed E-state index contributed by atoms with van der Waals surface area (Å²) in [5.41, 5.74) is 1.64. The first kappa shape index (κ1) is 16.4.